The first-order valence-electron chi connectivity index (χ1n) is 10.5. The number of anilines is 2. The number of carbonyl (C=O) groups is 1. The van der Waals surface area contributed by atoms with E-state index in [0.717, 1.165) is 59.5 Å². The van der Waals surface area contributed by atoms with Gasteiger partial charge in [0.05, 0.1) is 5.69 Å². The highest BCUT2D eigenvalue weighted by molar-refractivity contribution is 5.94. The van der Waals surface area contributed by atoms with Crippen molar-refractivity contribution >= 4 is 28.3 Å². The zero-order valence-corrected chi connectivity index (χ0v) is 18.1. The minimum absolute atomic E-state index is 0.0459. The maximum atomic E-state index is 12.1. The third-order valence-electron chi connectivity index (χ3n) is 5.28. The lowest BCUT2D eigenvalue weighted by atomic mass is 10.1. The molecule has 0 aliphatic rings. The molecule has 0 saturated carbocycles. The number of nitrogens with one attached hydrogen (secondary N) is 1. The van der Waals surface area contributed by atoms with Crippen LogP contribution in [0.25, 0.3) is 16.7 Å². The predicted molar refractivity (Wildman–Crippen MR) is 120 cm³/mol. The molecule has 0 aliphatic carbocycles. The molecule has 0 bridgehead atoms. The van der Waals surface area contributed by atoms with Crippen molar-refractivity contribution in [1.82, 2.24) is 15.0 Å². The van der Waals surface area contributed by atoms with Crippen molar-refractivity contribution in [2.45, 2.75) is 53.9 Å². The largest absolute Gasteiger partial charge is 0.372 e. The van der Waals surface area contributed by atoms with Crippen molar-refractivity contribution in [1.29, 1.82) is 0 Å². The number of hydrogen-bond donors (Lipinski definition) is 1. The Balaban J connectivity index is 1.91. The Morgan fingerprint density at radius 3 is 2.31 bits per heavy atom. The van der Waals surface area contributed by atoms with Crippen LogP contribution in [0.5, 0.6) is 0 Å². The van der Waals surface area contributed by atoms with Crippen molar-refractivity contribution < 1.29 is 4.79 Å². The molecule has 0 unspecified atom stereocenters. The van der Waals surface area contributed by atoms with Crippen LogP contribution in [0.4, 0.5) is 11.4 Å². The second kappa shape index (κ2) is 9.07. The number of aromatic nitrogens is 3. The number of benzene rings is 2. The average molecular weight is 394 g/mol. The van der Waals surface area contributed by atoms with Gasteiger partial charge in [-0.25, -0.2) is 0 Å². The molecular formula is C23H31N5O. The molecule has 1 heterocycles. The Morgan fingerprint density at radius 2 is 1.69 bits per heavy atom. The van der Waals surface area contributed by atoms with Gasteiger partial charge in [-0.3, -0.25) is 4.79 Å². The third kappa shape index (κ3) is 4.58. The Morgan fingerprint density at radius 1 is 1.00 bits per heavy atom. The van der Waals surface area contributed by atoms with Gasteiger partial charge < -0.3 is 10.2 Å². The first-order chi connectivity index (χ1) is 14.0. The van der Waals surface area contributed by atoms with Crippen LogP contribution in [0.2, 0.25) is 0 Å². The summed E-state index contributed by atoms with van der Waals surface area (Å²) >= 11 is 0. The van der Waals surface area contributed by atoms with Crippen LogP contribution >= 0.6 is 0 Å². The van der Waals surface area contributed by atoms with Crippen molar-refractivity contribution in [2.75, 3.05) is 23.3 Å². The number of fused-ring (bicyclic) bond motifs is 1. The van der Waals surface area contributed by atoms with Gasteiger partial charge in [0.25, 0.3) is 0 Å². The molecule has 2 aromatic carbocycles. The summed E-state index contributed by atoms with van der Waals surface area (Å²) in [5.41, 5.74) is 6.68. The maximum Gasteiger partial charge on any atom is 0.224 e. The number of carbonyl (C=O) groups excluding carboxylic acids is 1. The third-order valence-corrected chi connectivity index (χ3v) is 5.28. The van der Waals surface area contributed by atoms with Crippen LogP contribution in [-0.2, 0) is 4.79 Å². The number of hydrogen-bond acceptors (Lipinski definition) is 4. The van der Waals surface area contributed by atoms with Crippen LogP contribution in [-0.4, -0.2) is 34.0 Å². The summed E-state index contributed by atoms with van der Waals surface area (Å²) in [6, 6.07) is 10.3. The van der Waals surface area contributed by atoms with E-state index in [2.05, 4.69) is 66.3 Å². The number of aryl methyl sites for hydroxylation is 2. The monoisotopic (exact) mass is 393 g/mol. The van der Waals surface area contributed by atoms with E-state index in [1.165, 1.54) is 5.69 Å². The van der Waals surface area contributed by atoms with Gasteiger partial charge in [0.15, 0.2) is 0 Å². The first-order valence-corrected chi connectivity index (χ1v) is 10.5. The lowest BCUT2D eigenvalue weighted by molar-refractivity contribution is -0.116. The van der Waals surface area contributed by atoms with E-state index in [4.69, 9.17) is 0 Å². The van der Waals surface area contributed by atoms with E-state index in [-0.39, 0.29) is 5.91 Å². The molecule has 0 fully saturated rings. The van der Waals surface area contributed by atoms with Gasteiger partial charge in [-0.1, -0.05) is 13.3 Å². The highest BCUT2D eigenvalue weighted by atomic mass is 16.1. The number of nitrogens with zero attached hydrogens (tertiary/aromatic N) is 4. The van der Waals surface area contributed by atoms with Gasteiger partial charge in [0, 0.05) is 30.9 Å². The van der Waals surface area contributed by atoms with Gasteiger partial charge in [-0.15, -0.1) is 10.2 Å². The van der Waals surface area contributed by atoms with Gasteiger partial charge in [0.1, 0.15) is 11.0 Å². The topological polar surface area (TPSA) is 63.1 Å². The molecule has 1 amide bonds. The minimum Gasteiger partial charge on any atom is -0.372 e. The van der Waals surface area contributed by atoms with Crippen LogP contribution in [0.1, 0.15) is 51.2 Å². The fourth-order valence-corrected chi connectivity index (χ4v) is 3.51. The molecule has 0 saturated heterocycles. The summed E-state index contributed by atoms with van der Waals surface area (Å²) in [6.45, 7) is 12.4. The highest BCUT2D eigenvalue weighted by Gasteiger charge is 2.12. The Hall–Kier alpha value is -2.89. The lowest BCUT2D eigenvalue weighted by Crippen LogP contribution is -2.21. The molecule has 1 aromatic heterocycles. The smallest absolute Gasteiger partial charge is 0.224 e. The molecule has 0 atom stereocenters. The van der Waals surface area contributed by atoms with E-state index < -0.39 is 0 Å². The molecule has 3 aromatic rings. The standard InChI is InChI=1S/C23H31N5O/c1-6-9-10-23(29)24-19-15-21-20(14-16(19)4)25-28(26-21)22-12-11-18(13-17(22)5)27(7-2)8-3/h11-15H,6-10H2,1-5H3,(H,24,29). The summed E-state index contributed by atoms with van der Waals surface area (Å²) in [6.07, 6.45) is 2.44. The van der Waals surface area contributed by atoms with Gasteiger partial charge in [-0.2, -0.15) is 4.80 Å². The van der Waals surface area contributed by atoms with E-state index in [1.54, 1.807) is 4.80 Å². The summed E-state index contributed by atoms with van der Waals surface area (Å²) in [5, 5.41) is 12.3. The summed E-state index contributed by atoms with van der Waals surface area (Å²) < 4.78 is 0. The average Bonchev–Trinajstić information content (AvgIpc) is 3.10. The quantitative estimate of drug-likeness (QED) is 0.584. The molecule has 0 spiro atoms. The summed E-state index contributed by atoms with van der Waals surface area (Å²) in [5.74, 6) is 0.0459. The molecule has 154 valence electrons. The lowest BCUT2D eigenvalue weighted by Gasteiger charge is -2.22. The van der Waals surface area contributed by atoms with Gasteiger partial charge in [0.2, 0.25) is 5.91 Å². The molecule has 0 radical (unpaired) electrons. The van der Waals surface area contributed by atoms with Crippen molar-refractivity contribution in [2.24, 2.45) is 0 Å². The molecule has 6 heteroatoms. The SMILES string of the molecule is CCCCC(=O)Nc1cc2nn(-c3ccc(N(CC)CC)cc3C)nc2cc1C. The summed E-state index contributed by atoms with van der Waals surface area (Å²) in [7, 11) is 0. The van der Waals surface area contributed by atoms with Crippen molar-refractivity contribution in [3.8, 4) is 5.69 Å². The molecule has 3 rings (SSSR count). The van der Waals surface area contributed by atoms with Crippen LogP contribution < -0.4 is 10.2 Å². The number of unbranched alkanes of at least 4 members (excludes halogenated alkanes) is 1. The van der Waals surface area contributed by atoms with E-state index in [9.17, 15) is 4.79 Å². The molecule has 6 nitrogen and oxygen atoms in total. The Kier molecular flexibility index (Phi) is 6.52. The summed E-state index contributed by atoms with van der Waals surface area (Å²) in [4.78, 5) is 16.1. The van der Waals surface area contributed by atoms with Gasteiger partial charge >= 0.3 is 0 Å². The fourth-order valence-electron chi connectivity index (χ4n) is 3.51. The molecule has 0 aliphatic heterocycles. The Bertz CT molecular complexity index is 1000. The molecular weight excluding hydrogens is 362 g/mol. The minimum atomic E-state index is 0.0459. The van der Waals surface area contributed by atoms with E-state index in [0.29, 0.717) is 6.42 Å². The predicted octanol–water partition coefficient (Wildman–Crippen LogP) is 5.01. The Labute approximate surface area is 172 Å². The normalized spacial score (nSPS) is 11.1. The highest BCUT2D eigenvalue weighted by Crippen LogP contribution is 2.25. The zero-order valence-electron chi connectivity index (χ0n) is 18.1. The molecule has 29 heavy (non-hydrogen) atoms. The van der Waals surface area contributed by atoms with Crippen molar-refractivity contribution in [3.63, 3.8) is 0 Å². The van der Waals surface area contributed by atoms with Crippen LogP contribution in [0.3, 0.4) is 0 Å². The second-order valence-electron chi connectivity index (χ2n) is 7.44. The number of rotatable bonds is 8. The second-order valence-corrected chi connectivity index (χ2v) is 7.44. The molecule has 1 N–H and O–H groups in total. The zero-order chi connectivity index (χ0) is 21.0. The fraction of sp³-hybridized carbons (Fsp3) is 0.435. The van der Waals surface area contributed by atoms with E-state index >= 15 is 0 Å². The van der Waals surface area contributed by atoms with Gasteiger partial charge in [-0.05, 0) is 75.6 Å². The van der Waals surface area contributed by atoms with Crippen LogP contribution in [0, 0.1) is 13.8 Å². The van der Waals surface area contributed by atoms with Crippen molar-refractivity contribution in [3.05, 3.63) is 41.5 Å². The van der Waals surface area contributed by atoms with E-state index in [1.807, 2.05) is 19.1 Å². The maximum absolute atomic E-state index is 12.1. The first kappa shape index (κ1) is 20.8. The van der Waals surface area contributed by atoms with Crippen LogP contribution in [0.15, 0.2) is 30.3 Å². The number of amides is 1.